The molecule has 0 aliphatic heterocycles. The van der Waals surface area contributed by atoms with Crippen LogP contribution in [0.25, 0.3) is 0 Å². The Labute approximate surface area is 70.6 Å². The lowest BCUT2D eigenvalue weighted by atomic mass is 10.3. The van der Waals surface area contributed by atoms with Crippen molar-refractivity contribution in [1.29, 1.82) is 0 Å². The average Bonchev–Trinajstić information content (AvgIpc) is 2.85. The Bertz CT molecular complexity index is 301. The van der Waals surface area contributed by atoms with Gasteiger partial charge in [-0.3, -0.25) is 4.79 Å². The van der Waals surface area contributed by atoms with Crippen molar-refractivity contribution in [2.45, 2.75) is 32.2 Å². The highest BCUT2D eigenvalue weighted by Gasteiger charge is 2.27. The molecule has 0 spiro atoms. The first-order valence-corrected chi connectivity index (χ1v) is 4.26. The van der Waals surface area contributed by atoms with Crippen LogP contribution in [0.1, 0.15) is 42.0 Å². The third-order valence-corrected chi connectivity index (χ3v) is 2.16. The maximum atomic E-state index is 10.5. The molecule has 0 N–H and O–H groups in total. The maximum Gasteiger partial charge on any atom is 0.172 e. The number of nitrogens with zero attached hydrogens (tertiary/aromatic N) is 3. The molecule has 4 nitrogen and oxygen atoms in total. The fraction of sp³-hybridized carbons (Fsp3) is 0.625. The molecule has 2 rings (SSSR count). The zero-order valence-electron chi connectivity index (χ0n) is 7.03. The zero-order chi connectivity index (χ0) is 8.55. The van der Waals surface area contributed by atoms with Crippen molar-refractivity contribution in [2.24, 2.45) is 0 Å². The fourth-order valence-electron chi connectivity index (χ4n) is 1.37. The van der Waals surface area contributed by atoms with Crippen LogP contribution in [-0.4, -0.2) is 21.3 Å². The van der Waals surface area contributed by atoms with E-state index in [-0.39, 0.29) is 0 Å². The number of carbonyl (C=O) groups excluding carboxylic acids is 1. The summed E-state index contributed by atoms with van der Waals surface area (Å²) in [5.74, 6) is 0. The van der Waals surface area contributed by atoms with E-state index in [9.17, 15) is 4.79 Å². The molecule has 0 aromatic carbocycles. The number of rotatable bonds is 3. The normalized spacial score (nSPS) is 16.4. The minimum atomic E-state index is 0.504. The van der Waals surface area contributed by atoms with Crippen LogP contribution in [0, 0.1) is 0 Å². The lowest BCUT2D eigenvalue weighted by Gasteiger charge is -2.00. The quantitative estimate of drug-likeness (QED) is 0.627. The van der Waals surface area contributed by atoms with Gasteiger partial charge in [0.25, 0.3) is 0 Å². The highest BCUT2D eigenvalue weighted by Crippen LogP contribution is 2.35. The monoisotopic (exact) mass is 165 g/mol. The molecule has 0 atom stereocenters. The Hall–Kier alpha value is -1.19. The van der Waals surface area contributed by atoms with Crippen molar-refractivity contribution in [3.63, 3.8) is 0 Å². The van der Waals surface area contributed by atoms with E-state index >= 15 is 0 Å². The largest absolute Gasteiger partial charge is 0.296 e. The van der Waals surface area contributed by atoms with Crippen LogP contribution in [-0.2, 0) is 6.42 Å². The molecule has 1 saturated carbocycles. The van der Waals surface area contributed by atoms with E-state index in [2.05, 4.69) is 10.3 Å². The van der Waals surface area contributed by atoms with E-state index in [1.165, 1.54) is 12.8 Å². The maximum absolute atomic E-state index is 10.5. The van der Waals surface area contributed by atoms with E-state index in [0.29, 0.717) is 11.7 Å². The molecule has 0 saturated heterocycles. The van der Waals surface area contributed by atoms with Gasteiger partial charge in [-0.1, -0.05) is 12.1 Å². The summed E-state index contributed by atoms with van der Waals surface area (Å²) in [6, 6.07) is 0.515. The fourth-order valence-corrected chi connectivity index (χ4v) is 1.37. The predicted molar refractivity (Wildman–Crippen MR) is 43.1 cm³/mol. The SMILES string of the molecule is CCc1c(C=O)nnn1C1CC1. The molecule has 64 valence electrons. The molecule has 4 heteroatoms. The standard InChI is InChI=1S/C8H11N3O/c1-2-8-7(5-12)9-10-11(8)6-3-4-6/h5-6H,2-4H2,1H3. The molecule has 0 unspecified atom stereocenters. The van der Waals surface area contributed by atoms with Gasteiger partial charge < -0.3 is 0 Å². The highest BCUT2D eigenvalue weighted by atomic mass is 16.1. The summed E-state index contributed by atoms with van der Waals surface area (Å²) in [7, 11) is 0. The second kappa shape index (κ2) is 2.69. The molecule has 12 heavy (non-hydrogen) atoms. The highest BCUT2D eigenvalue weighted by molar-refractivity contribution is 5.73. The smallest absolute Gasteiger partial charge is 0.172 e. The van der Waals surface area contributed by atoms with E-state index in [4.69, 9.17) is 0 Å². The molecule has 1 aliphatic carbocycles. The summed E-state index contributed by atoms with van der Waals surface area (Å²) in [6.07, 6.45) is 3.96. The van der Waals surface area contributed by atoms with Crippen LogP contribution in [0.15, 0.2) is 0 Å². The first kappa shape index (κ1) is 7.46. The number of carbonyl (C=O) groups is 1. The lowest BCUT2D eigenvalue weighted by Crippen LogP contribution is -2.02. The van der Waals surface area contributed by atoms with E-state index < -0.39 is 0 Å². The van der Waals surface area contributed by atoms with Gasteiger partial charge in [-0.15, -0.1) is 5.10 Å². The van der Waals surface area contributed by atoms with E-state index in [1.807, 2.05) is 11.6 Å². The predicted octanol–water partition coefficient (Wildman–Crippen LogP) is 0.988. The van der Waals surface area contributed by atoms with Crippen molar-refractivity contribution < 1.29 is 4.79 Å². The first-order chi connectivity index (χ1) is 5.86. The molecule has 0 amide bonds. The lowest BCUT2D eigenvalue weighted by molar-refractivity contribution is 0.111. The molecule has 0 bridgehead atoms. The number of aldehydes is 1. The molecule has 0 radical (unpaired) electrons. The van der Waals surface area contributed by atoms with Crippen molar-refractivity contribution in [3.05, 3.63) is 11.4 Å². The molecule has 1 aromatic heterocycles. The minimum Gasteiger partial charge on any atom is -0.296 e. The molecule has 1 aliphatic rings. The summed E-state index contributed by atoms with van der Waals surface area (Å²) < 4.78 is 1.89. The molecule has 1 fully saturated rings. The van der Waals surface area contributed by atoms with Crippen LogP contribution in [0.3, 0.4) is 0 Å². The third kappa shape index (κ3) is 1.03. The molecule has 1 aromatic rings. The summed E-state index contributed by atoms with van der Waals surface area (Å²) in [5.41, 5.74) is 1.48. The molecule has 1 heterocycles. The van der Waals surface area contributed by atoms with Crippen LogP contribution < -0.4 is 0 Å². The topological polar surface area (TPSA) is 47.8 Å². The van der Waals surface area contributed by atoms with Gasteiger partial charge in [0.15, 0.2) is 6.29 Å². The third-order valence-electron chi connectivity index (χ3n) is 2.16. The van der Waals surface area contributed by atoms with Gasteiger partial charge in [-0.05, 0) is 19.3 Å². The second-order valence-electron chi connectivity index (χ2n) is 3.07. The number of aromatic nitrogens is 3. The van der Waals surface area contributed by atoms with Gasteiger partial charge in [0.1, 0.15) is 5.69 Å². The molecular weight excluding hydrogens is 154 g/mol. The van der Waals surface area contributed by atoms with Crippen LogP contribution in [0.5, 0.6) is 0 Å². The van der Waals surface area contributed by atoms with Gasteiger partial charge in [-0.25, -0.2) is 4.68 Å². The Morgan fingerprint density at radius 2 is 2.42 bits per heavy atom. The van der Waals surface area contributed by atoms with Gasteiger partial charge in [-0.2, -0.15) is 0 Å². The first-order valence-electron chi connectivity index (χ1n) is 4.26. The number of hydrogen-bond acceptors (Lipinski definition) is 3. The Kier molecular flexibility index (Phi) is 1.67. The van der Waals surface area contributed by atoms with Crippen molar-refractivity contribution in [3.8, 4) is 0 Å². The van der Waals surface area contributed by atoms with Gasteiger partial charge in [0, 0.05) is 0 Å². The zero-order valence-corrected chi connectivity index (χ0v) is 7.03. The van der Waals surface area contributed by atoms with Crippen LogP contribution in [0.4, 0.5) is 0 Å². The summed E-state index contributed by atoms with van der Waals surface area (Å²) in [6.45, 7) is 2.02. The second-order valence-corrected chi connectivity index (χ2v) is 3.07. The van der Waals surface area contributed by atoms with Crippen LogP contribution >= 0.6 is 0 Å². The Morgan fingerprint density at radius 1 is 1.67 bits per heavy atom. The van der Waals surface area contributed by atoms with Gasteiger partial charge in [0.05, 0.1) is 11.7 Å². The van der Waals surface area contributed by atoms with Crippen molar-refractivity contribution in [2.75, 3.05) is 0 Å². The average molecular weight is 165 g/mol. The summed E-state index contributed by atoms with van der Waals surface area (Å²) in [4.78, 5) is 10.5. The Balaban J connectivity index is 2.39. The Morgan fingerprint density at radius 3 is 2.92 bits per heavy atom. The van der Waals surface area contributed by atoms with E-state index in [0.717, 1.165) is 18.4 Å². The van der Waals surface area contributed by atoms with Crippen molar-refractivity contribution in [1.82, 2.24) is 15.0 Å². The number of hydrogen-bond donors (Lipinski definition) is 0. The summed E-state index contributed by atoms with van der Waals surface area (Å²) >= 11 is 0. The minimum absolute atomic E-state index is 0.504. The van der Waals surface area contributed by atoms with Gasteiger partial charge in [0.2, 0.25) is 0 Å². The van der Waals surface area contributed by atoms with Crippen molar-refractivity contribution >= 4 is 6.29 Å². The molecular formula is C8H11N3O. The van der Waals surface area contributed by atoms with Gasteiger partial charge >= 0.3 is 0 Å². The summed E-state index contributed by atoms with van der Waals surface area (Å²) in [5, 5.41) is 7.77. The van der Waals surface area contributed by atoms with Crippen LogP contribution in [0.2, 0.25) is 0 Å². The van der Waals surface area contributed by atoms with E-state index in [1.54, 1.807) is 0 Å².